The van der Waals surface area contributed by atoms with Gasteiger partial charge in [-0.15, -0.1) is 0 Å². The van der Waals surface area contributed by atoms with Crippen LogP contribution in [0.2, 0.25) is 0 Å². The predicted molar refractivity (Wildman–Crippen MR) is 21.3 cm³/mol. The third-order valence-corrected chi connectivity index (χ3v) is 0.235. The van der Waals surface area contributed by atoms with E-state index in [0.717, 1.165) is 0 Å². The van der Waals surface area contributed by atoms with Crippen molar-refractivity contribution in [3.8, 4) is 0 Å². The summed E-state index contributed by atoms with van der Waals surface area (Å²) in [5, 5.41) is 2.70. The van der Waals surface area contributed by atoms with Gasteiger partial charge in [0.2, 0.25) is 0 Å². The van der Waals surface area contributed by atoms with E-state index in [2.05, 4.69) is 27.4 Å². The summed E-state index contributed by atoms with van der Waals surface area (Å²) in [5.74, 6) is 4.30. The highest BCUT2D eigenvalue weighted by Gasteiger charge is 1.95. The second-order valence-corrected chi connectivity index (χ2v) is 0.588. The van der Waals surface area contributed by atoms with Crippen molar-refractivity contribution in [3.05, 3.63) is 0 Å². The molecule has 2 N–H and O–H groups in total. The Hall–Kier alpha value is -1.10. The van der Waals surface area contributed by atoms with E-state index < -0.39 is 6.16 Å². The van der Waals surface area contributed by atoms with Crippen LogP contribution in [-0.4, -0.2) is 12.9 Å². The minimum absolute atomic E-state index is 1.07. The lowest BCUT2D eigenvalue weighted by Crippen LogP contribution is -2.08. The third kappa shape index (κ3) is 2.71. The van der Waals surface area contributed by atoms with Crippen molar-refractivity contribution < 1.29 is 14.5 Å². The SMILES string of the molecule is C=NOC(=O)ON. The number of rotatable bonds is 1. The molecule has 0 aromatic carbocycles. The number of nitrogens with two attached hydrogens (primary N) is 1. The molecule has 0 aliphatic rings. The summed E-state index contributed by atoms with van der Waals surface area (Å²) in [4.78, 5) is 16.9. The van der Waals surface area contributed by atoms with Crippen molar-refractivity contribution >= 4 is 12.9 Å². The Morgan fingerprint density at radius 2 is 2.43 bits per heavy atom. The van der Waals surface area contributed by atoms with Gasteiger partial charge in [0.05, 0.1) is 0 Å². The fraction of sp³-hybridized carbons (Fsp3) is 0. The lowest BCUT2D eigenvalue weighted by Gasteiger charge is -1.87. The van der Waals surface area contributed by atoms with E-state index in [-0.39, 0.29) is 0 Å². The molecule has 0 saturated heterocycles. The molecule has 0 amide bonds. The van der Waals surface area contributed by atoms with Crippen LogP contribution in [0.5, 0.6) is 0 Å². The van der Waals surface area contributed by atoms with Crippen molar-refractivity contribution in [2.45, 2.75) is 0 Å². The van der Waals surface area contributed by atoms with E-state index in [1.165, 1.54) is 0 Å². The highest BCUT2D eigenvalue weighted by Crippen LogP contribution is 1.75. The van der Waals surface area contributed by atoms with Gasteiger partial charge in [-0.25, -0.2) is 0 Å². The molecule has 0 aliphatic carbocycles. The normalized spacial score (nSPS) is 7.00. The van der Waals surface area contributed by atoms with Gasteiger partial charge in [0.15, 0.2) is 0 Å². The molecule has 0 aromatic rings. The zero-order chi connectivity index (χ0) is 5.70. The first-order chi connectivity index (χ1) is 3.31. The molecule has 0 aromatic heterocycles. The molecule has 5 nitrogen and oxygen atoms in total. The summed E-state index contributed by atoms with van der Waals surface area (Å²) in [7, 11) is 0. The van der Waals surface area contributed by atoms with Crippen LogP contribution >= 0.6 is 0 Å². The molecule has 0 saturated carbocycles. The average molecular weight is 104 g/mol. The van der Waals surface area contributed by atoms with Crippen LogP contribution in [0.4, 0.5) is 4.79 Å². The Morgan fingerprint density at radius 1 is 1.86 bits per heavy atom. The molecule has 0 aliphatic heterocycles. The van der Waals surface area contributed by atoms with Crippen LogP contribution in [-0.2, 0) is 9.68 Å². The minimum Gasteiger partial charge on any atom is -0.339 e. The first-order valence-electron chi connectivity index (χ1n) is 1.35. The molecule has 0 radical (unpaired) electrons. The summed E-state index contributed by atoms with van der Waals surface area (Å²) < 4.78 is 0. The number of oxime groups is 1. The van der Waals surface area contributed by atoms with E-state index in [4.69, 9.17) is 0 Å². The van der Waals surface area contributed by atoms with E-state index in [0.29, 0.717) is 0 Å². The summed E-state index contributed by atoms with van der Waals surface area (Å²) >= 11 is 0. The van der Waals surface area contributed by atoms with Crippen molar-refractivity contribution in [2.75, 3.05) is 0 Å². The van der Waals surface area contributed by atoms with Gasteiger partial charge in [-0.1, -0.05) is 5.16 Å². The Labute approximate surface area is 39.6 Å². The van der Waals surface area contributed by atoms with Crippen molar-refractivity contribution in [1.29, 1.82) is 0 Å². The van der Waals surface area contributed by atoms with E-state index in [1.807, 2.05) is 0 Å². The summed E-state index contributed by atoms with van der Waals surface area (Å²) in [6.45, 7) is 2.82. The minimum atomic E-state index is -1.07. The van der Waals surface area contributed by atoms with Gasteiger partial charge in [0.1, 0.15) is 0 Å². The second kappa shape index (κ2) is 3.10. The molecule has 0 fully saturated rings. The van der Waals surface area contributed by atoms with Gasteiger partial charge in [0, 0.05) is 6.72 Å². The molecule has 0 bridgehead atoms. The van der Waals surface area contributed by atoms with Gasteiger partial charge in [-0.3, -0.25) is 4.84 Å². The summed E-state index contributed by atoms with van der Waals surface area (Å²) in [6, 6.07) is 0. The van der Waals surface area contributed by atoms with Gasteiger partial charge in [0.25, 0.3) is 0 Å². The highest BCUT2D eigenvalue weighted by atomic mass is 16.8. The van der Waals surface area contributed by atoms with Crippen molar-refractivity contribution in [3.63, 3.8) is 0 Å². The maximum Gasteiger partial charge on any atom is 0.554 e. The lowest BCUT2D eigenvalue weighted by molar-refractivity contribution is 0.0582. The Bertz CT molecular complexity index is 81.0. The Kier molecular flexibility index (Phi) is 2.62. The van der Waals surface area contributed by atoms with Crippen LogP contribution in [0.15, 0.2) is 5.16 Å². The third-order valence-electron chi connectivity index (χ3n) is 0.235. The highest BCUT2D eigenvalue weighted by molar-refractivity contribution is 5.59. The van der Waals surface area contributed by atoms with Crippen molar-refractivity contribution in [2.24, 2.45) is 11.1 Å². The zero-order valence-corrected chi connectivity index (χ0v) is 3.46. The topological polar surface area (TPSA) is 73.9 Å². The van der Waals surface area contributed by atoms with Crippen LogP contribution in [0.3, 0.4) is 0 Å². The fourth-order valence-corrected chi connectivity index (χ4v) is 0.0742. The molecule has 7 heavy (non-hydrogen) atoms. The lowest BCUT2D eigenvalue weighted by atomic mass is 11.4. The van der Waals surface area contributed by atoms with Crippen LogP contribution in [0, 0.1) is 0 Å². The second-order valence-electron chi connectivity index (χ2n) is 0.588. The number of carbonyl (C=O) groups excluding carboxylic acids is 1. The Balaban J connectivity index is 3.17. The summed E-state index contributed by atoms with van der Waals surface area (Å²) in [6.07, 6.45) is -1.07. The van der Waals surface area contributed by atoms with E-state index in [9.17, 15) is 4.79 Å². The smallest absolute Gasteiger partial charge is 0.339 e. The number of carbonyl (C=O) groups is 1. The molecule has 0 spiro atoms. The molecule has 0 rings (SSSR count). The largest absolute Gasteiger partial charge is 0.554 e. The molecule has 0 unspecified atom stereocenters. The van der Waals surface area contributed by atoms with E-state index >= 15 is 0 Å². The fourth-order valence-electron chi connectivity index (χ4n) is 0.0742. The van der Waals surface area contributed by atoms with Gasteiger partial charge in [-0.2, -0.15) is 10.7 Å². The number of hydrogen-bond donors (Lipinski definition) is 1. The zero-order valence-electron chi connectivity index (χ0n) is 3.46. The summed E-state index contributed by atoms with van der Waals surface area (Å²) in [5.41, 5.74) is 0. The van der Waals surface area contributed by atoms with Gasteiger partial charge in [-0.05, 0) is 0 Å². The van der Waals surface area contributed by atoms with Crippen molar-refractivity contribution in [1.82, 2.24) is 0 Å². The van der Waals surface area contributed by atoms with Gasteiger partial charge >= 0.3 is 6.16 Å². The molecule has 0 heterocycles. The molecule has 40 valence electrons. The first kappa shape index (κ1) is 5.90. The number of hydrogen-bond acceptors (Lipinski definition) is 5. The van der Waals surface area contributed by atoms with Crippen LogP contribution in [0.25, 0.3) is 0 Å². The maximum absolute atomic E-state index is 9.71. The molecular weight excluding hydrogens is 100 g/mol. The predicted octanol–water partition coefficient (Wildman–Crippen LogP) is -0.371. The van der Waals surface area contributed by atoms with Gasteiger partial charge < -0.3 is 4.84 Å². The standard InChI is InChI=1S/C2H4N2O3/c1-4-7-2(5)6-3/h1,3H2. The van der Waals surface area contributed by atoms with Crippen LogP contribution in [0.1, 0.15) is 0 Å². The van der Waals surface area contributed by atoms with Crippen LogP contribution < -0.4 is 5.90 Å². The average Bonchev–Trinajstić information content (AvgIpc) is 1.68. The monoisotopic (exact) mass is 104 g/mol. The Morgan fingerprint density at radius 3 is 2.57 bits per heavy atom. The maximum atomic E-state index is 9.71. The number of nitrogens with zero attached hydrogens (tertiary/aromatic N) is 1. The molecule has 5 heteroatoms. The molecular formula is C2H4N2O3. The first-order valence-corrected chi connectivity index (χ1v) is 1.35. The molecule has 0 atom stereocenters. The quantitative estimate of drug-likeness (QED) is 0.280. The van der Waals surface area contributed by atoms with E-state index in [1.54, 1.807) is 0 Å².